The summed E-state index contributed by atoms with van der Waals surface area (Å²) in [6.07, 6.45) is 3.93. The molecule has 0 saturated heterocycles. The molecule has 0 fully saturated rings. The minimum Gasteiger partial charge on any atom is -0.261 e. The first kappa shape index (κ1) is 65.5. The van der Waals surface area contributed by atoms with Crippen molar-refractivity contribution in [2.45, 2.75) is 38.5 Å². The first-order chi connectivity index (χ1) is 54.2. The molecule has 14 aromatic carbocycles. The van der Waals surface area contributed by atoms with E-state index in [1.54, 1.807) is 0 Å². The van der Waals surface area contributed by atoms with Crippen LogP contribution in [0.25, 0.3) is 145 Å². The van der Waals surface area contributed by atoms with Crippen LogP contribution in [0, 0.1) is 27.7 Å². The number of nitrogens with zero attached hydrogens (tertiary/aromatic N) is 7. The molecule has 0 saturated carbocycles. The molecule has 2 unspecified atom stereocenters. The fourth-order valence-electron chi connectivity index (χ4n) is 18.0. The van der Waals surface area contributed by atoms with Crippen LogP contribution in [0.3, 0.4) is 0 Å². The van der Waals surface area contributed by atoms with E-state index < -0.39 is 10.8 Å². The third-order valence-electron chi connectivity index (χ3n) is 23.1. The van der Waals surface area contributed by atoms with Crippen LogP contribution in [0.4, 0.5) is 0 Å². The number of aryl methyl sites for hydroxylation is 2. The van der Waals surface area contributed by atoms with Gasteiger partial charge in [0.1, 0.15) is 5.82 Å². The van der Waals surface area contributed by atoms with Crippen LogP contribution in [-0.2, 0) is 10.8 Å². The van der Waals surface area contributed by atoms with Gasteiger partial charge in [0.15, 0.2) is 17.5 Å². The van der Waals surface area contributed by atoms with Crippen molar-refractivity contribution in [3.8, 4) is 124 Å². The Bertz CT molecular complexity index is 6730. The molecule has 2 aliphatic rings. The SMILES string of the molecule is Cc1nc(-c2ccc3c(c2)-c2ccccc2C3(c2ccccc2)c2cccc(-c3cccc(-c4cnc(-c5cccc(-c6cc(-c7cccc8c7-c7ccccc7C8(c7ccccc7)c7cccc(-c8cccnc8C)c7)nc(-c7cccc8ccccc78)n6)c5)c(C)c4C)c3)c2)nc(-c2cccc3ccccc23)n1. The second-order valence-electron chi connectivity index (χ2n) is 29.1. The standard InChI is InChI=1S/C103H71N7/c1-64-65(2)98(105-63-90(64)72-33-19-31-70(57-72)71-32-21-41-79(59-71)102(77-37-7-5-8-38-77)91-51-17-15-45-84(91)89-61-76(54-55-93(89)102)99-106-67(4)107-100(110-99)85-47-23-29-68-27-11-13-43-82(68)85)75-36-20-35-74(58-75)95-62-96(109-101(108-95)86-48-24-30-69-28-12-14-44-83(69)86)88-49-25-53-94-97(88)87-46-16-18-52-92(87)103(94,78-39-9-6-10-40-78)80-42-22-34-73(60-80)81-50-26-56-104-66(81)3/h5-63H,1-4H3. The Morgan fingerprint density at radius 1 is 0.245 bits per heavy atom. The van der Waals surface area contributed by atoms with Gasteiger partial charge in [-0.3, -0.25) is 9.97 Å². The highest BCUT2D eigenvalue weighted by atomic mass is 15.0. The van der Waals surface area contributed by atoms with E-state index >= 15 is 0 Å². The van der Waals surface area contributed by atoms with Crippen molar-refractivity contribution < 1.29 is 0 Å². The molecular formula is C103H71N7. The summed E-state index contributed by atoms with van der Waals surface area (Å²) in [7, 11) is 0. The summed E-state index contributed by atoms with van der Waals surface area (Å²) in [4.78, 5) is 36.5. The maximum Gasteiger partial charge on any atom is 0.164 e. The van der Waals surface area contributed by atoms with Crippen LogP contribution in [-0.4, -0.2) is 34.9 Å². The van der Waals surface area contributed by atoms with Gasteiger partial charge in [-0.05, 0) is 192 Å². The van der Waals surface area contributed by atoms with Crippen molar-refractivity contribution in [1.29, 1.82) is 0 Å². The first-order valence-corrected chi connectivity index (χ1v) is 37.7. The Balaban J connectivity index is 0.668. The molecule has 4 heterocycles. The topological polar surface area (TPSA) is 90.2 Å². The average Bonchev–Trinajstić information content (AvgIpc) is 1.52. The average molecular weight is 1410 g/mol. The van der Waals surface area contributed by atoms with E-state index in [2.05, 4.69) is 367 Å². The lowest BCUT2D eigenvalue weighted by Gasteiger charge is -2.34. The van der Waals surface area contributed by atoms with E-state index in [0.29, 0.717) is 23.3 Å². The van der Waals surface area contributed by atoms with Gasteiger partial charge in [-0.25, -0.2) is 24.9 Å². The van der Waals surface area contributed by atoms with Gasteiger partial charge in [-0.1, -0.05) is 303 Å². The monoisotopic (exact) mass is 1410 g/mol. The molecule has 0 amide bonds. The van der Waals surface area contributed by atoms with E-state index in [9.17, 15) is 0 Å². The number of pyridine rings is 2. The van der Waals surface area contributed by atoms with Gasteiger partial charge in [0.2, 0.25) is 0 Å². The van der Waals surface area contributed by atoms with Crippen molar-refractivity contribution >= 4 is 21.5 Å². The predicted octanol–water partition coefficient (Wildman–Crippen LogP) is 24.7. The molecule has 20 rings (SSSR count). The number of hydrogen-bond acceptors (Lipinski definition) is 7. The van der Waals surface area contributed by atoms with E-state index in [-0.39, 0.29) is 0 Å². The summed E-state index contributed by atoms with van der Waals surface area (Å²) in [6.45, 7) is 8.49. The van der Waals surface area contributed by atoms with Crippen molar-refractivity contribution in [2.75, 3.05) is 0 Å². The molecule has 7 heteroatoms. The predicted molar refractivity (Wildman–Crippen MR) is 448 cm³/mol. The summed E-state index contributed by atoms with van der Waals surface area (Å²) in [5.74, 6) is 2.63. The van der Waals surface area contributed by atoms with E-state index in [1.165, 1.54) is 55.6 Å². The van der Waals surface area contributed by atoms with Gasteiger partial charge in [0, 0.05) is 62.6 Å². The van der Waals surface area contributed by atoms with Crippen molar-refractivity contribution in [3.05, 3.63) is 425 Å². The fraction of sp³-hybridized carbons (Fsp3) is 0.0583. The minimum atomic E-state index is -0.674. The Kier molecular flexibility index (Phi) is 15.8. The number of benzene rings is 14. The fourth-order valence-corrected chi connectivity index (χ4v) is 18.0. The molecule has 4 aromatic heterocycles. The lowest BCUT2D eigenvalue weighted by molar-refractivity contribution is 0.769. The lowest BCUT2D eigenvalue weighted by Crippen LogP contribution is -2.28. The van der Waals surface area contributed by atoms with Gasteiger partial charge >= 0.3 is 0 Å². The lowest BCUT2D eigenvalue weighted by atomic mass is 9.67. The molecule has 18 aromatic rings. The molecule has 7 nitrogen and oxygen atoms in total. The van der Waals surface area contributed by atoms with Crippen LogP contribution in [0.2, 0.25) is 0 Å². The summed E-state index contributed by atoms with van der Waals surface area (Å²) < 4.78 is 0. The number of hydrogen-bond donors (Lipinski definition) is 0. The molecule has 0 bridgehead atoms. The molecule has 2 aliphatic carbocycles. The molecule has 0 N–H and O–H groups in total. The molecule has 0 radical (unpaired) electrons. The van der Waals surface area contributed by atoms with Gasteiger partial charge in [0.25, 0.3) is 0 Å². The third-order valence-corrected chi connectivity index (χ3v) is 23.1. The zero-order valence-electron chi connectivity index (χ0n) is 61.2. The highest BCUT2D eigenvalue weighted by Crippen LogP contribution is 2.60. The second kappa shape index (κ2) is 26.5. The summed E-state index contributed by atoms with van der Waals surface area (Å²) in [5, 5.41) is 4.46. The molecule has 0 spiro atoms. The van der Waals surface area contributed by atoms with Gasteiger partial charge in [0.05, 0.1) is 27.9 Å². The Hall–Kier alpha value is -14.0. The van der Waals surface area contributed by atoms with Gasteiger partial charge in [-0.2, -0.15) is 0 Å². The van der Waals surface area contributed by atoms with E-state index in [4.69, 9.17) is 34.9 Å². The smallest absolute Gasteiger partial charge is 0.164 e. The van der Waals surface area contributed by atoms with E-state index in [0.717, 1.165) is 133 Å². The van der Waals surface area contributed by atoms with Crippen molar-refractivity contribution in [1.82, 2.24) is 34.9 Å². The highest BCUT2D eigenvalue weighted by molar-refractivity contribution is 6.00. The third kappa shape index (κ3) is 10.6. The Morgan fingerprint density at radius 2 is 0.718 bits per heavy atom. The summed E-state index contributed by atoms with van der Waals surface area (Å²) >= 11 is 0. The second-order valence-corrected chi connectivity index (χ2v) is 29.1. The van der Waals surface area contributed by atoms with Gasteiger partial charge in [-0.15, -0.1) is 0 Å². The number of aromatic nitrogens is 7. The summed E-state index contributed by atoms with van der Waals surface area (Å²) in [6, 6.07) is 126. The van der Waals surface area contributed by atoms with Crippen LogP contribution in [0.15, 0.2) is 358 Å². The minimum absolute atomic E-state index is 0.644. The molecule has 0 aliphatic heterocycles. The first-order valence-electron chi connectivity index (χ1n) is 37.7. The van der Waals surface area contributed by atoms with Gasteiger partial charge < -0.3 is 0 Å². The highest BCUT2D eigenvalue weighted by Gasteiger charge is 2.48. The van der Waals surface area contributed by atoms with Crippen LogP contribution < -0.4 is 0 Å². The van der Waals surface area contributed by atoms with Crippen LogP contribution in [0.1, 0.15) is 67.2 Å². The molecule has 518 valence electrons. The normalized spacial score (nSPS) is 14.6. The molecule has 2 atom stereocenters. The van der Waals surface area contributed by atoms with Crippen molar-refractivity contribution in [3.63, 3.8) is 0 Å². The molecule has 110 heavy (non-hydrogen) atoms. The zero-order valence-corrected chi connectivity index (χ0v) is 61.2. The van der Waals surface area contributed by atoms with Crippen LogP contribution >= 0.6 is 0 Å². The number of rotatable bonds is 13. The Labute approximate surface area is 639 Å². The number of fused-ring (bicyclic) bond motifs is 8. The summed E-state index contributed by atoms with van der Waals surface area (Å²) in [5.41, 5.74) is 31.3. The zero-order chi connectivity index (χ0) is 73.6. The Morgan fingerprint density at radius 3 is 1.43 bits per heavy atom. The maximum absolute atomic E-state index is 5.67. The maximum atomic E-state index is 5.67. The van der Waals surface area contributed by atoms with E-state index in [1.807, 2.05) is 19.2 Å². The largest absolute Gasteiger partial charge is 0.261 e. The van der Waals surface area contributed by atoms with Crippen molar-refractivity contribution in [2.24, 2.45) is 0 Å². The molecular weight excluding hydrogens is 1340 g/mol. The quantitative estimate of drug-likeness (QED) is 0.114. The van der Waals surface area contributed by atoms with Crippen LogP contribution in [0.5, 0.6) is 0 Å².